The quantitative estimate of drug-likeness (QED) is 0.683. The summed E-state index contributed by atoms with van der Waals surface area (Å²) in [4.78, 5) is 13.0. The van der Waals surface area contributed by atoms with Crippen LogP contribution < -0.4 is 15.4 Å². The summed E-state index contributed by atoms with van der Waals surface area (Å²) < 4.78 is 41.0. The van der Waals surface area contributed by atoms with Gasteiger partial charge in [-0.15, -0.1) is 13.2 Å². The topological polar surface area (TPSA) is 72.0 Å². The predicted molar refractivity (Wildman–Crippen MR) is 96.0 cm³/mol. The van der Waals surface area contributed by atoms with Crippen LogP contribution in [0.15, 0.2) is 48.7 Å². The van der Waals surface area contributed by atoms with Gasteiger partial charge in [-0.25, -0.2) is 4.98 Å². The molecule has 3 aromatic rings. The molecule has 0 aliphatic carbocycles. The molecule has 0 saturated carbocycles. The van der Waals surface area contributed by atoms with Gasteiger partial charge in [-0.1, -0.05) is 6.07 Å². The van der Waals surface area contributed by atoms with Crippen molar-refractivity contribution < 1.29 is 17.9 Å². The average molecular weight is 375 g/mol. The molecule has 2 N–H and O–H groups in total. The molecular formula is C18H16F3N5O. The van der Waals surface area contributed by atoms with Crippen LogP contribution in [0.3, 0.4) is 0 Å². The van der Waals surface area contributed by atoms with Crippen molar-refractivity contribution >= 4 is 17.5 Å². The number of hydrogen-bond donors (Lipinski definition) is 2. The minimum Gasteiger partial charge on any atom is -0.406 e. The molecule has 0 bridgehead atoms. The highest BCUT2D eigenvalue weighted by Crippen LogP contribution is 2.29. The third kappa shape index (κ3) is 4.84. The van der Waals surface area contributed by atoms with Gasteiger partial charge in [0.15, 0.2) is 0 Å². The lowest BCUT2D eigenvalue weighted by molar-refractivity contribution is -0.274. The Morgan fingerprint density at radius 3 is 2.44 bits per heavy atom. The Hall–Kier alpha value is -3.36. The molecule has 9 heteroatoms. The van der Waals surface area contributed by atoms with E-state index in [4.69, 9.17) is 0 Å². The number of halogens is 3. The summed E-state index contributed by atoms with van der Waals surface area (Å²) in [5, 5.41) is 5.97. The number of ether oxygens (including phenoxy) is 1. The molecule has 6 nitrogen and oxygen atoms in total. The van der Waals surface area contributed by atoms with E-state index in [1.807, 2.05) is 12.1 Å². The lowest BCUT2D eigenvalue weighted by Gasteiger charge is -2.14. The minimum absolute atomic E-state index is 0.279. The Bertz CT molecular complexity index is 932. The summed E-state index contributed by atoms with van der Waals surface area (Å²) in [6.07, 6.45) is -3.07. The number of nitrogens with zero attached hydrogens (tertiary/aromatic N) is 3. The molecule has 0 saturated heterocycles. The highest BCUT2D eigenvalue weighted by molar-refractivity contribution is 5.67. The fraction of sp³-hybridized carbons (Fsp3) is 0.167. The minimum atomic E-state index is -4.73. The summed E-state index contributed by atoms with van der Waals surface area (Å²) >= 11 is 0. The molecule has 2 heterocycles. The average Bonchev–Trinajstić information content (AvgIpc) is 2.63. The van der Waals surface area contributed by atoms with Gasteiger partial charge in [0.2, 0.25) is 5.95 Å². The Morgan fingerprint density at radius 2 is 1.81 bits per heavy atom. The molecule has 1 aromatic carbocycles. The Morgan fingerprint density at radius 1 is 1.00 bits per heavy atom. The number of alkyl halides is 3. The van der Waals surface area contributed by atoms with Crippen molar-refractivity contribution in [2.45, 2.75) is 13.3 Å². The van der Waals surface area contributed by atoms with Crippen LogP contribution in [0.25, 0.3) is 11.4 Å². The molecule has 27 heavy (non-hydrogen) atoms. The van der Waals surface area contributed by atoms with E-state index in [1.54, 1.807) is 32.3 Å². The molecule has 0 aliphatic heterocycles. The Labute approximate surface area is 153 Å². The first-order valence-electron chi connectivity index (χ1n) is 7.96. The van der Waals surface area contributed by atoms with Gasteiger partial charge in [0, 0.05) is 25.0 Å². The molecule has 3 rings (SSSR count). The highest BCUT2D eigenvalue weighted by atomic mass is 19.4. The number of nitrogens with one attached hydrogen (secondary N) is 2. The van der Waals surface area contributed by atoms with E-state index in [0.29, 0.717) is 34.4 Å². The van der Waals surface area contributed by atoms with E-state index in [1.165, 1.54) is 18.2 Å². The largest absolute Gasteiger partial charge is 0.573 e. The lowest BCUT2D eigenvalue weighted by atomic mass is 10.2. The van der Waals surface area contributed by atoms with Crippen molar-refractivity contribution in [1.29, 1.82) is 0 Å². The van der Waals surface area contributed by atoms with E-state index in [9.17, 15) is 13.2 Å². The molecule has 0 radical (unpaired) electrons. The van der Waals surface area contributed by atoms with E-state index in [2.05, 4.69) is 30.3 Å². The monoisotopic (exact) mass is 375 g/mol. The third-order valence-corrected chi connectivity index (χ3v) is 3.57. The van der Waals surface area contributed by atoms with Crippen LogP contribution in [0.5, 0.6) is 5.75 Å². The first-order chi connectivity index (χ1) is 12.8. The molecule has 0 amide bonds. The fourth-order valence-corrected chi connectivity index (χ4v) is 2.38. The van der Waals surface area contributed by atoms with Crippen LogP contribution in [0, 0.1) is 6.92 Å². The predicted octanol–water partition coefficient (Wildman–Crippen LogP) is 4.53. The summed E-state index contributed by atoms with van der Waals surface area (Å²) in [5.74, 6) is 0.580. The molecule has 140 valence electrons. The van der Waals surface area contributed by atoms with Crippen molar-refractivity contribution in [2.75, 3.05) is 17.7 Å². The molecule has 0 spiro atoms. The third-order valence-electron chi connectivity index (χ3n) is 3.57. The van der Waals surface area contributed by atoms with Crippen molar-refractivity contribution in [3.63, 3.8) is 0 Å². The molecule has 2 aromatic heterocycles. The molecular weight excluding hydrogens is 359 g/mol. The SMILES string of the molecule is CNc1nc(Nc2ccc(OC(F)(F)F)cc2C)cc(-c2ccccn2)n1. The second-order valence-corrected chi connectivity index (χ2v) is 5.58. The number of benzene rings is 1. The van der Waals surface area contributed by atoms with Gasteiger partial charge in [0.05, 0.1) is 11.4 Å². The second kappa shape index (κ2) is 7.48. The van der Waals surface area contributed by atoms with Gasteiger partial charge < -0.3 is 15.4 Å². The number of pyridine rings is 1. The zero-order valence-corrected chi connectivity index (χ0v) is 14.5. The lowest BCUT2D eigenvalue weighted by Crippen LogP contribution is -2.17. The standard InChI is InChI=1S/C18H16F3N5O/c1-11-9-12(27-18(19,20)21)6-7-13(11)24-16-10-15(25-17(22-2)26-16)14-5-3-4-8-23-14/h3-10H,1-2H3,(H2,22,24,25,26). The number of aryl methyl sites for hydroxylation is 1. The second-order valence-electron chi connectivity index (χ2n) is 5.58. The summed E-state index contributed by atoms with van der Waals surface area (Å²) in [5.41, 5.74) is 2.44. The van der Waals surface area contributed by atoms with Crippen LogP contribution in [0.2, 0.25) is 0 Å². The van der Waals surface area contributed by atoms with E-state index in [0.717, 1.165) is 0 Å². The molecule has 0 atom stereocenters. The molecule has 0 fully saturated rings. The smallest absolute Gasteiger partial charge is 0.406 e. The summed E-state index contributed by atoms with van der Waals surface area (Å²) in [6.45, 7) is 1.67. The zero-order chi connectivity index (χ0) is 19.4. The van der Waals surface area contributed by atoms with Crippen molar-refractivity contribution in [1.82, 2.24) is 15.0 Å². The Kier molecular flexibility index (Phi) is 5.11. The van der Waals surface area contributed by atoms with Crippen molar-refractivity contribution in [3.8, 4) is 17.1 Å². The number of anilines is 3. The van der Waals surface area contributed by atoms with Gasteiger partial charge in [0.1, 0.15) is 11.6 Å². The van der Waals surface area contributed by atoms with Crippen LogP contribution in [-0.2, 0) is 0 Å². The first kappa shape index (κ1) is 18.4. The van der Waals surface area contributed by atoms with Gasteiger partial charge in [-0.05, 0) is 42.8 Å². The van der Waals surface area contributed by atoms with Crippen molar-refractivity contribution in [2.24, 2.45) is 0 Å². The van der Waals surface area contributed by atoms with E-state index in [-0.39, 0.29) is 5.75 Å². The summed E-state index contributed by atoms with van der Waals surface area (Å²) in [7, 11) is 1.69. The van der Waals surface area contributed by atoms with Crippen LogP contribution >= 0.6 is 0 Å². The Balaban J connectivity index is 1.89. The number of rotatable bonds is 5. The summed E-state index contributed by atoms with van der Waals surface area (Å²) in [6, 6.07) is 11.2. The van der Waals surface area contributed by atoms with Gasteiger partial charge in [-0.3, -0.25) is 4.98 Å². The highest BCUT2D eigenvalue weighted by Gasteiger charge is 2.31. The maximum absolute atomic E-state index is 12.3. The molecule has 0 unspecified atom stereocenters. The van der Waals surface area contributed by atoms with Gasteiger partial charge in [0.25, 0.3) is 0 Å². The van der Waals surface area contributed by atoms with Crippen LogP contribution in [-0.4, -0.2) is 28.4 Å². The van der Waals surface area contributed by atoms with E-state index >= 15 is 0 Å². The van der Waals surface area contributed by atoms with E-state index < -0.39 is 6.36 Å². The molecule has 0 aliphatic rings. The zero-order valence-electron chi connectivity index (χ0n) is 14.5. The van der Waals surface area contributed by atoms with Crippen molar-refractivity contribution in [3.05, 3.63) is 54.2 Å². The maximum atomic E-state index is 12.3. The normalized spacial score (nSPS) is 11.1. The van der Waals surface area contributed by atoms with Crippen LogP contribution in [0.4, 0.5) is 30.6 Å². The van der Waals surface area contributed by atoms with Gasteiger partial charge >= 0.3 is 6.36 Å². The number of aromatic nitrogens is 3. The maximum Gasteiger partial charge on any atom is 0.573 e. The van der Waals surface area contributed by atoms with Crippen LogP contribution in [0.1, 0.15) is 5.56 Å². The fourth-order valence-electron chi connectivity index (χ4n) is 2.38. The first-order valence-corrected chi connectivity index (χ1v) is 7.96. The number of hydrogen-bond acceptors (Lipinski definition) is 6. The van der Waals surface area contributed by atoms with Gasteiger partial charge in [-0.2, -0.15) is 4.98 Å².